The standard InChI is InChI=1S/C15H16N6O/c22-14(11-2-5-18-19-6-11)20-7-12-9-21(10-13(12)8-20)15-16-3-1-4-17-15/h1-6,12-13H,7-10H2. The predicted molar refractivity (Wildman–Crippen MR) is 79.2 cm³/mol. The highest BCUT2D eigenvalue weighted by molar-refractivity contribution is 5.94. The molecule has 2 aliphatic heterocycles. The van der Waals surface area contributed by atoms with Crippen molar-refractivity contribution in [3.05, 3.63) is 42.5 Å². The Morgan fingerprint density at radius 1 is 1.00 bits per heavy atom. The van der Waals surface area contributed by atoms with E-state index in [1.54, 1.807) is 24.7 Å². The summed E-state index contributed by atoms with van der Waals surface area (Å²) in [6.45, 7) is 3.39. The average molecular weight is 296 g/mol. The van der Waals surface area contributed by atoms with Gasteiger partial charge in [-0.2, -0.15) is 10.2 Å². The van der Waals surface area contributed by atoms with E-state index in [0.717, 1.165) is 32.1 Å². The minimum atomic E-state index is 0.0480. The van der Waals surface area contributed by atoms with Crippen molar-refractivity contribution >= 4 is 11.9 Å². The van der Waals surface area contributed by atoms with Gasteiger partial charge in [0.2, 0.25) is 5.95 Å². The minimum Gasteiger partial charge on any atom is -0.340 e. The van der Waals surface area contributed by atoms with Crippen LogP contribution in [0.2, 0.25) is 0 Å². The normalized spacial score (nSPS) is 23.6. The predicted octanol–water partition coefficient (Wildman–Crippen LogP) is 0.475. The maximum absolute atomic E-state index is 12.4. The van der Waals surface area contributed by atoms with Gasteiger partial charge in [-0.15, -0.1) is 0 Å². The molecule has 2 unspecified atom stereocenters. The second-order valence-corrected chi connectivity index (χ2v) is 5.82. The van der Waals surface area contributed by atoms with E-state index in [1.807, 2.05) is 11.0 Å². The largest absolute Gasteiger partial charge is 0.340 e. The van der Waals surface area contributed by atoms with Crippen LogP contribution >= 0.6 is 0 Å². The summed E-state index contributed by atoms with van der Waals surface area (Å²) in [5, 5.41) is 7.49. The summed E-state index contributed by atoms with van der Waals surface area (Å²) in [7, 11) is 0. The molecule has 0 aromatic carbocycles. The zero-order chi connectivity index (χ0) is 14.9. The van der Waals surface area contributed by atoms with Crippen LogP contribution in [0.5, 0.6) is 0 Å². The number of hydrogen-bond donors (Lipinski definition) is 0. The summed E-state index contributed by atoms with van der Waals surface area (Å²) in [4.78, 5) is 25.2. The Labute approximate surface area is 128 Å². The molecule has 2 aliphatic rings. The van der Waals surface area contributed by atoms with Gasteiger partial charge in [0.05, 0.1) is 18.0 Å². The van der Waals surface area contributed by atoms with Crippen LogP contribution in [0.4, 0.5) is 5.95 Å². The van der Waals surface area contributed by atoms with Gasteiger partial charge in [0.15, 0.2) is 0 Å². The van der Waals surface area contributed by atoms with Crippen molar-refractivity contribution in [2.24, 2.45) is 11.8 Å². The number of aromatic nitrogens is 4. The molecule has 2 aromatic rings. The summed E-state index contributed by atoms with van der Waals surface area (Å²) in [5.74, 6) is 1.81. The molecule has 0 radical (unpaired) electrons. The number of carbonyl (C=O) groups excluding carboxylic acids is 1. The van der Waals surface area contributed by atoms with Crippen molar-refractivity contribution in [3.63, 3.8) is 0 Å². The van der Waals surface area contributed by atoms with Crippen molar-refractivity contribution in [1.29, 1.82) is 0 Å². The topological polar surface area (TPSA) is 75.1 Å². The molecule has 0 saturated carbocycles. The number of amides is 1. The van der Waals surface area contributed by atoms with Crippen molar-refractivity contribution in [1.82, 2.24) is 25.1 Å². The van der Waals surface area contributed by atoms with Gasteiger partial charge in [-0.1, -0.05) is 0 Å². The van der Waals surface area contributed by atoms with Gasteiger partial charge in [0.25, 0.3) is 5.91 Å². The highest BCUT2D eigenvalue weighted by Gasteiger charge is 2.42. The summed E-state index contributed by atoms with van der Waals surface area (Å²) < 4.78 is 0. The van der Waals surface area contributed by atoms with E-state index >= 15 is 0 Å². The van der Waals surface area contributed by atoms with E-state index in [9.17, 15) is 4.79 Å². The van der Waals surface area contributed by atoms with Gasteiger partial charge in [0.1, 0.15) is 0 Å². The molecule has 2 aromatic heterocycles. The molecule has 112 valence electrons. The molecular formula is C15H16N6O. The molecule has 4 rings (SSSR count). The smallest absolute Gasteiger partial charge is 0.255 e. The first kappa shape index (κ1) is 13.1. The number of fused-ring (bicyclic) bond motifs is 1. The summed E-state index contributed by atoms with van der Waals surface area (Å²) in [6.07, 6.45) is 6.62. The molecule has 0 N–H and O–H groups in total. The Kier molecular flexibility index (Phi) is 3.17. The fraction of sp³-hybridized carbons (Fsp3) is 0.400. The average Bonchev–Trinajstić information content (AvgIpc) is 3.15. The van der Waals surface area contributed by atoms with Crippen molar-refractivity contribution in [2.75, 3.05) is 31.1 Å². The van der Waals surface area contributed by atoms with Crippen LogP contribution < -0.4 is 4.90 Å². The minimum absolute atomic E-state index is 0.0480. The Morgan fingerprint density at radius 3 is 2.36 bits per heavy atom. The fourth-order valence-corrected chi connectivity index (χ4v) is 3.38. The highest BCUT2D eigenvalue weighted by atomic mass is 16.2. The number of anilines is 1. The van der Waals surface area contributed by atoms with E-state index in [2.05, 4.69) is 25.1 Å². The summed E-state index contributed by atoms with van der Waals surface area (Å²) in [6, 6.07) is 3.54. The molecule has 0 spiro atoms. The molecule has 4 heterocycles. The third-order valence-corrected chi connectivity index (χ3v) is 4.44. The maximum Gasteiger partial charge on any atom is 0.255 e. The second-order valence-electron chi connectivity index (χ2n) is 5.82. The maximum atomic E-state index is 12.4. The summed E-state index contributed by atoms with van der Waals surface area (Å²) in [5.41, 5.74) is 0.609. The molecule has 7 nitrogen and oxygen atoms in total. The van der Waals surface area contributed by atoms with E-state index in [-0.39, 0.29) is 5.91 Å². The van der Waals surface area contributed by atoms with Crippen LogP contribution in [0.3, 0.4) is 0 Å². The van der Waals surface area contributed by atoms with Crippen molar-refractivity contribution < 1.29 is 4.79 Å². The zero-order valence-electron chi connectivity index (χ0n) is 12.0. The lowest BCUT2D eigenvalue weighted by atomic mass is 10.0. The Balaban J connectivity index is 1.43. The third kappa shape index (κ3) is 2.28. The van der Waals surface area contributed by atoms with Gasteiger partial charge in [-0.25, -0.2) is 9.97 Å². The van der Waals surface area contributed by atoms with Crippen LogP contribution in [-0.2, 0) is 0 Å². The number of hydrogen-bond acceptors (Lipinski definition) is 6. The van der Waals surface area contributed by atoms with Gasteiger partial charge >= 0.3 is 0 Å². The molecular weight excluding hydrogens is 280 g/mol. The third-order valence-electron chi connectivity index (χ3n) is 4.44. The number of likely N-dealkylation sites (tertiary alicyclic amines) is 1. The molecule has 7 heteroatoms. The number of carbonyl (C=O) groups is 1. The van der Waals surface area contributed by atoms with Gasteiger partial charge < -0.3 is 9.80 Å². The van der Waals surface area contributed by atoms with Gasteiger partial charge in [0, 0.05) is 50.4 Å². The molecule has 1 amide bonds. The fourth-order valence-electron chi connectivity index (χ4n) is 3.38. The Hall–Kier alpha value is -2.57. The summed E-state index contributed by atoms with van der Waals surface area (Å²) >= 11 is 0. The highest BCUT2D eigenvalue weighted by Crippen LogP contribution is 2.33. The van der Waals surface area contributed by atoms with E-state index < -0.39 is 0 Å². The van der Waals surface area contributed by atoms with Crippen molar-refractivity contribution in [2.45, 2.75) is 0 Å². The molecule has 22 heavy (non-hydrogen) atoms. The first-order valence-corrected chi connectivity index (χ1v) is 7.39. The SMILES string of the molecule is O=C(c1ccnnc1)N1CC2CN(c3ncccn3)CC2C1. The van der Waals surface area contributed by atoms with Crippen LogP contribution in [0.1, 0.15) is 10.4 Å². The van der Waals surface area contributed by atoms with E-state index in [4.69, 9.17) is 0 Å². The van der Waals surface area contributed by atoms with Crippen LogP contribution in [0.15, 0.2) is 36.9 Å². The van der Waals surface area contributed by atoms with Crippen LogP contribution in [0.25, 0.3) is 0 Å². The van der Waals surface area contributed by atoms with Crippen LogP contribution in [0, 0.1) is 11.8 Å². The molecule has 2 fully saturated rings. The molecule has 0 bridgehead atoms. The second kappa shape index (κ2) is 5.32. The molecule has 2 atom stereocenters. The first-order valence-electron chi connectivity index (χ1n) is 7.39. The van der Waals surface area contributed by atoms with Crippen molar-refractivity contribution in [3.8, 4) is 0 Å². The van der Waals surface area contributed by atoms with Gasteiger partial charge in [-0.05, 0) is 12.1 Å². The Morgan fingerprint density at radius 2 is 1.73 bits per heavy atom. The monoisotopic (exact) mass is 296 g/mol. The lowest BCUT2D eigenvalue weighted by Crippen LogP contribution is -2.33. The van der Waals surface area contributed by atoms with E-state index in [0.29, 0.717) is 17.4 Å². The lowest BCUT2D eigenvalue weighted by Gasteiger charge is -2.21. The zero-order valence-corrected chi connectivity index (χ0v) is 12.0. The van der Waals surface area contributed by atoms with Gasteiger partial charge in [-0.3, -0.25) is 4.79 Å². The molecule has 0 aliphatic carbocycles. The number of nitrogens with zero attached hydrogens (tertiary/aromatic N) is 6. The quantitative estimate of drug-likeness (QED) is 0.802. The lowest BCUT2D eigenvalue weighted by molar-refractivity contribution is 0.0782. The first-order chi connectivity index (χ1) is 10.8. The van der Waals surface area contributed by atoms with Crippen LogP contribution in [-0.4, -0.2) is 57.2 Å². The number of rotatable bonds is 2. The molecule has 2 saturated heterocycles. The Bertz CT molecular complexity index is 650. The van der Waals surface area contributed by atoms with E-state index in [1.165, 1.54) is 6.20 Å².